The fraction of sp³-hybridized carbons (Fsp3) is 0.263. The molecule has 0 aromatic heterocycles. The summed E-state index contributed by atoms with van der Waals surface area (Å²) < 4.78 is 6.34. The number of amides is 2. The standard InChI is InChI=1S/C19H19BrCl2N2O3/c1-12-5-6-13(20)11-15(12)24-18(26)7-9-23-17(25)8-10-27-16-4-2-3-14(21)19(16)22/h2-6,11H,7-10H2,1H3,(H,23,25)(H,24,26). The van der Waals surface area contributed by atoms with Crippen molar-refractivity contribution in [1.82, 2.24) is 5.32 Å². The number of hydrogen-bond donors (Lipinski definition) is 2. The number of carbonyl (C=O) groups is 2. The maximum atomic E-state index is 12.0. The van der Waals surface area contributed by atoms with Gasteiger partial charge in [0.1, 0.15) is 10.8 Å². The zero-order valence-electron chi connectivity index (χ0n) is 14.7. The second-order valence-electron chi connectivity index (χ2n) is 5.76. The van der Waals surface area contributed by atoms with Crippen LogP contribution in [-0.4, -0.2) is 25.0 Å². The first-order valence-electron chi connectivity index (χ1n) is 8.26. The Labute approximate surface area is 176 Å². The highest BCUT2D eigenvalue weighted by Gasteiger charge is 2.09. The molecule has 0 fully saturated rings. The molecule has 0 saturated carbocycles. The first-order valence-corrected chi connectivity index (χ1v) is 9.81. The maximum absolute atomic E-state index is 12.0. The van der Waals surface area contributed by atoms with Gasteiger partial charge in [0.05, 0.1) is 18.1 Å². The zero-order valence-corrected chi connectivity index (χ0v) is 17.7. The van der Waals surface area contributed by atoms with Crippen LogP contribution in [0.4, 0.5) is 5.69 Å². The first-order chi connectivity index (χ1) is 12.9. The highest BCUT2D eigenvalue weighted by Crippen LogP contribution is 2.31. The smallest absolute Gasteiger partial charge is 0.226 e. The van der Waals surface area contributed by atoms with E-state index in [1.807, 2.05) is 25.1 Å². The lowest BCUT2D eigenvalue weighted by Crippen LogP contribution is -2.28. The number of benzene rings is 2. The van der Waals surface area contributed by atoms with Gasteiger partial charge in [-0.2, -0.15) is 0 Å². The zero-order chi connectivity index (χ0) is 19.8. The minimum Gasteiger partial charge on any atom is -0.491 e. The second-order valence-corrected chi connectivity index (χ2v) is 7.46. The van der Waals surface area contributed by atoms with Crippen molar-refractivity contribution in [3.05, 3.63) is 56.5 Å². The number of ether oxygens (including phenoxy) is 1. The van der Waals surface area contributed by atoms with Crippen LogP contribution in [0.2, 0.25) is 10.0 Å². The van der Waals surface area contributed by atoms with Crippen LogP contribution in [0.1, 0.15) is 18.4 Å². The van der Waals surface area contributed by atoms with E-state index in [4.69, 9.17) is 27.9 Å². The quantitative estimate of drug-likeness (QED) is 0.568. The van der Waals surface area contributed by atoms with Crippen molar-refractivity contribution in [2.45, 2.75) is 19.8 Å². The van der Waals surface area contributed by atoms with Gasteiger partial charge in [0.25, 0.3) is 0 Å². The van der Waals surface area contributed by atoms with E-state index in [0.717, 1.165) is 15.7 Å². The van der Waals surface area contributed by atoms with Gasteiger partial charge in [0.2, 0.25) is 11.8 Å². The molecule has 0 aliphatic heterocycles. The highest BCUT2D eigenvalue weighted by molar-refractivity contribution is 9.10. The molecule has 27 heavy (non-hydrogen) atoms. The molecule has 0 aliphatic carbocycles. The molecular weight excluding hydrogens is 455 g/mol. The van der Waals surface area contributed by atoms with Crippen LogP contribution in [-0.2, 0) is 9.59 Å². The molecule has 8 heteroatoms. The monoisotopic (exact) mass is 472 g/mol. The number of aryl methyl sites for hydroxylation is 1. The summed E-state index contributed by atoms with van der Waals surface area (Å²) in [5.74, 6) is 0.0544. The Hall–Kier alpha value is -1.76. The van der Waals surface area contributed by atoms with Gasteiger partial charge in [-0.05, 0) is 36.8 Å². The lowest BCUT2D eigenvalue weighted by atomic mass is 10.2. The third kappa shape index (κ3) is 7.05. The number of hydrogen-bond acceptors (Lipinski definition) is 3. The van der Waals surface area contributed by atoms with Gasteiger partial charge in [0.15, 0.2) is 0 Å². The summed E-state index contributed by atoms with van der Waals surface area (Å²) in [6.45, 7) is 2.32. The van der Waals surface area contributed by atoms with Crippen molar-refractivity contribution in [3.63, 3.8) is 0 Å². The molecule has 0 bridgehead atoms. The fourth-order valence-electron chi connectivity index (χ4n) is 2.19. The first kappa shape index (κ1) is 21.5. The molecule has 5 nitrogen and oxygen atoms in total. The van der Waals surface area contributed by atoms with E-state index < -0.39 is 0 Å². The Balaban J connectivity index is 1.67. The molecule has 144 valence electrons. The SMILES string of the molecule is Cc1ccc(Br)cc1NC(=O)CCNC(=O)CCOc1cccc(Cl)c1Cl. The van der Waals surface area contributed by atoms with Crippen molar-refractivity contribution in [2.75, 3.05) is 18.5 Å². The third-order valence-corrected chi connectivity index (χ3v) is 4.95. The van der Waals surface area contributed by atoms with Gasteiger partial charge in [-0.1, -0.05) is 51.3 Å². The average Bonchev–Trinajstić information content (AvgIpc) is 2.62. The third-order valence-electron chi connectivity index (χ3n) is 3.65. The van der Waals surface area contributed by atoms with Crippen molar-refractivity contribution in [1.29, 1.82) is 0 Å². The minimum atomic E-state index is -0.209. The van der Waals surface area contributed by atoms with Crippen LogP contribution in [0.5, 0.6) is 5.75 Å². The molecule has 2 rings (SSSR count). The lowest BCUT2D eigenvalue weighted by Gasteiger charge is -2.10. The van der Waals surface area contributed by atoms with Crippen molar-refractivity contribution < 1.29 is 14.3 Å². The predicted octanol–water partition coefficient (Wildman–Crippen LogP) is 4.98. The second kappa shape index (κ2) is 10.5. The Morgan fingerprint density at radius 2 is 1.89 bits per heavy atom. The van der Waals surface area contributed by atoms with Crippen LogP contribution < -0.4 is 15.4 Å². The maximum Gasteiger partial charge on any atom is 0.226 e. The normalized spacial score (nSPS) is 10.4. The average molecular weight is 474 g/mol. The topological polar surface area (TPSA) is 67.4 Å². The molecular formula is C19H19BrCl2N2O3. The minimum absolute atomic E-state index is 0.148. The van der Waals surface area contributed by atoms with E-state index >= 15 is 0 Å². The Kier molecular flexibility index (Phi) is 8.41. The van der Waals surface area contributed by atoms with E-state index in [1.165, 1.54) is 0 Å². The Morgan fingerprint density at radius 1 is 1.11 bits per heavy atom. The van der Waals surface area contributed by atoms with Crippen molar-refractivity contribution in [3.8, 4) is 5.75 Å². The molecule has 0 heterocycles. The van der Waals surface area contributed by atoms with Gasteiger partial charge in [-0.3, -0.25) is 9.59 Å². The molecule has 0 radical (unpaired) electrons. The lowest BCUT2D eigenvalue weighted by molar-refractivity contribution is -0.121. The van der Waals surface area contributed by atoms with Crippen LogP contribution in [0.25, 0.3) is 0 Å². The number of nitrogens with one attached hydrogen (secondary N) is 2. The Morgan fingerprint density at radius 3 is 2.67 bits per heavy atom. The molecule has 2 aromatic carbocycles. The summed E-state index contributed by atoms with van der Waals surface area (Å²) in [5.41, 5.74) is 1.71. The summed E-state index contributed by atoms with van der Waals surface area (Å²) in [6, 6.07) is 10.7. The summed E-state index contributed by atoms with van der Waals surface area (Å²) in [6.07, 6.45) is 0.327. The summed E-state index contributed by atoms with van der Waals surface area (Å²) in [5, 5.41) is 6.23. The van der Waals surface area contributed by atoms with E-state index in [2.05, 4.69) is 26.6 Å². The summed E-state index contributed by atoms with van der Waals surface area (Å²) in [4.78, 5) is 23.8. The molecule has 2 aromatic rings. The van der Waals surface area contributed by atoms with Gasteiger partial charge >= 0.3 is 0 Å². The largest absolute Gasteiger partial charge is 0.491 e. The van der Waals surface area contributed by atoms with Gasteiger partial charge in [-0.25, -0.2) is 0 Å². The summed E-state index contributed by atoms with van der Waals surface area (Å²) >= 11 is 15.3. The number of rotatable bonds is 8. The van der Waals surface area contributed by atoms with Crippen LogP contribution in [0.15, 0.2) is 40.9 Å². The molecule has 0 saturated heterocycles. The fourth-order valence-corrected chi connectivity index (χ4v) is 2.90. The molecule has 0 aliphatic rings. The van der Waals surface area contributed by atoms with E-state index in [0.29, 0.717) is 15.8 Å². The van der Waals surface area contributed by atoms with Gasteiger partial charge in [-0.15, -0.1) is 0 Å². The predicted molar refractivity (Wildman–Crippen MR) is 112 cm³/mol. The number of carbonyl (C=O) groups excluding carboxylic acids is 2. The van der Waals surface area contributed by atoms with E-state index in [9.17, 15) is 9.59 Å². The highest BCUT2D eigenvalue weighted by atomic mass is 79.9. The number of halogens is 3. The molecule has 0 spiro atoms. The van der Waals surface area contributed by atoms with Gasteiger partial charge < -0.3 is 15.4 Å². The number of anilines is 1. The molecule has 0 unspecified atom stereocenters. The van der Waals surface area contributed by atoms with E-state index in [-0.39, 0.29) is 37.8 Å². The molecule has 0 atom stereocenters. The molecule has 2 N–H and O–H groups in total. The summed E-state index contributed by atoms with van der Waals surface area (Å²) in [7, 11) is 0. The van der Waals surface area contributed by atoms with Crippen molar-refractivity contribution in [2.24, 2.45) is 0 Å². The van der Waals surface area contributed by atoms with Crippen LogP contribution in [0.3, 0.4) is 0 Å². The van der Waals surface area contributed by atoms with Crippen LogP contribution >= 0.6 is 39.1 Å². The molecule has 2 amide bonds. The van der Waals surface area contributed by atoms with Gasteiger partial charge in [0, 0.05) is 23.1 Å². The van der Waals surface area contributed by atoms with Crippen LogP contribution in [0, 0.1) is 6.92 Å². The Bertz CT molecular complexity index is 831. The van der Waals surface area contributed by atoms with Crippen molar-refractivity contribution >= 4 is 56.6 Å². The van der Waals surface area contributed by atoms with E-state index in [1.54, 1.807) is 18.2 Å².